The highest BCUT2D eigenvalue weighted by Crippen LogP contribution is 2.38. The van der Waals surface area contributed by atoms with Gasteiger partial charge in [-0.05, 0) is 25.0 Å². The highest BCUT2D eigenvalue weighted by molar-refractivity contribution is 5.79. The van der Waals surface area contributed by atoms with Gasteiger partial charge in [0.05, 0.1) is 12.2 Å². The third-order valence-electron chi connectivity index (χ3n) is 4.87. The van der Waals surface area contributed by atoms with E-state index < -0.39 is 5.97 Å². The Bertz CT molecular complexity index is 1080. The zero-order valence-corrected chi connectivity index (χ0v) is 17.0. The monoisotopic (exact) mass is 413 g/mol. The maximum Gasteiger partial charge on any atom is 0.303 e. The first kappa shape index (κ1) is 20.4. The van der Waals surface area contributed by atoms with Gasteiger partial charge >= 0.3 is 5.97 Å². The van der Waals surface area contributed by atoms with E-state index in [0.717, 1.165) is 22.4 Å². The van der Waals surface area contributed by atoms with E-state index in [-0.39, 0.29) is 6.42 Å². The standard InChI is InChI=1S/C26H23NO4/c28-23(29)17-9-10-18-30-22-16-8-7-15-21(22)26-27-24(19-11-3-1-4-12-19)25(31-26)20-13-5-2-6-14-20/h1-8,11-16H,9-10,17-18H2,(H,28,29). The molecule has 4 rings (SSSR count). The first-order valence-corrected chi connectivity index (χ1v) is 10.3. The molecule has 1 heterocycles. The molecule has 0 unspecified atom stereocenters. The van der Waals surface area contributed by atoms with Gasteiger partial charge in [0.15, 0.2) is 5.76 Å². The molecule has 0 spiro atoms. The second kappa shape index (κ2) is 9.76. The fourth-order valence-electron chi connectivity index (χ4n) is 3.34. The number of aliphatic carboxylic acids is 1. The number of nitrogens with zero attached hydrogens (tertiary/aromatic N) is 1. The molecular formula is C26H23NO4. The van der Waals surface area contributed by atoms with Crippen LogP contribution in [0.3, 0.4) is 0 Å². The smallest absolute Gasteiger partial charge is 0.303 e. The Morgan fingerprint density at radius 1 is 0.839 bits per heavy atom. The van der Waals surface area contributed by atoms with Crippen molar-refractivity contribution in [2.75, 3.05) is 6.61 Å². The van der Waals surface area contributed by atoms with Crippen LogP contribution in [0.25, 0.3) is 34.0 Å². The predicted octanol–water partition coefficient (Wildman–Crippen LogP) is 6.31. The summed E-state index contributed by atoms with van der Waals surface area (Å²) in [4.78, 5) is 15.5. The molecule has 1 N–H and O–H groups in total. The SMILES string of the molecule is O=C(O)CCCCOc1ccccc1-c1nc(-c2ccccc2)c(-c2ccccc2)o1. The van der Waals surface area contributed by atoms with Gasteiger partial charge in [-0.1, -0.05) is 72.8 Å². The summed E-state index contributed by atoms with van der Waals surface area (Å²) in [6.45, 7) is 0.433. The summed E-state index contributed by atoms with van der Waals surface area (Å²) < 4.78 is 12.2. The predicted molar refractivity (Wildman–Crippen MR) is 120 cm³/mol. The molecular weight excluding hydrogens is 390 g/mol. The molecule has 0 atom stereocenters. The van der Waals surface area contributed by atoms with Crippen molar-refractivity contribution in [3.05, 3.63) is 84.9 Å². The fraction of sp³-hybridized carbons (Fsp3) is 0.154. The normalized spacial score (nSPS) is 10.7. The largest absolute Gasteiger partial charge is 0.493 e. The van der Waals surface area contributed by atoms with Crippen molar-refractivity contribution in [1.82, 2.24) is 4.98 Å². The van der Waals surface area contributed by atoms with Crippen LogP contribution in [-0.4, -0.2) is 22.7 Å². The maximum atomic E-state index is 10.7. The fourth-order valence-corrected chi connectivity index (χ4v) is 3.34. The van der Waals surface area contributed by atoms with Crippen LogP contribution in [0.1, 0.15) is 19.3 Å². The van der Waals surface area contributed by atoms with Gasteiger partial charge in [0.25, 0.3) is 0 Å². The second-order valence-electron chi connectivity index (χ2n) is 7.12. The van der Waals surface area contributed by atoms with E-state index in [9.17, 15) is 4.79 Å². The van der Waals surface area contributed by atoms with Crippen LogP contribution in [0.4, 0.5) is 0 Å². The lowest BCUT2D eigenvalue weighted by Crippen LogP contribution is -2.01. The summed E-state index contributed by atoms with van der Waals surface area (Å²) >= 11 is 0. The van der Waals surface area contributed by atoms with Gasteiger partial charge in [-0.15, -0.1) is 0 Å². The number of carboxylic acids is 1. The van der Waals surface area contributed by atoms with Gasteiger partial charge in [0.2, 0.25) is 5.89 Å². The Labute approximate surface area is 181 Å². The molecule has 156 valence electrons. The third-order valence-corrected chi connectivity index (χ3v) is 4.87. The Hall–Kier alpha value is -3.86. The van der Waals surface area contributed by atoms with Gasteiger partial charge in [-0.25, -0.2) is 4.98 Å². The van der Waals surface area contributed by atoms with Crippen LogP contribution in [-0.2, 0) is 4.79 Å². The Balaban J connectivity index is 1.66. The van der Waals surface area contributed by atoms with Crippen LogP contribution in [0.5, 0.6) is 5.75 Å². The van der Waals surface area contributed by atoms with E-state index in [2.05, 4.69) is 0 Å². The lowest BCUT2D eigenvalue weighted by atomic mass is 10.1. The minimum absolute atomic E-state index is 0.144. The van der Waals surface area contributed by atoms with Crippen molar-refractivity contribution in [3.63, 3.8) is 0 Å². The van der Waals surface area contributed by atoms with Gasteiger partial charge in [0, 0.05) is 17.5 Å². The molecule has 5 nitrogen and oxygen atoms in total. The summed E-state index contributed by atoms with van der Waals surface area (Å²) in [7, 11) is 0. The average molecular weight is 413 g/mol. The quantitative estimate of drug-likeness (QED) is 0.326. The molecule has 3 aromatic carbocycles. The number of ether oxygens (including phenoxy) is 1. The number of para-hydroxylation sites is 1. The van der Waals surface area contributed by atoms with Crippen molar-refractivity contribution in [2.45, 2.75) is 19.3 Å². The molecule has 0 fully saturated rings. The number of unbranched alkanes of at least 4 members (excludes halogenated alkanes) is 1. The molecule has 0 aliphatic rings. The number of aromatic nitrogens is 1. The van der Waals surface area contributed by atoms with E-state index in [1.54, 1.807) is 0 Å². The van der Waals surface area contributed by atoms with Crippen molar-refractivity contribution >= 4 is 5.97 Å². The highest BCUT2D eigenvalue weighted by Gasteiger charge is 2.20. The number of carboxylic acid groups (broad SMARTS) is 1. The second-order valence-corrected chi connectivity index (χ2v) is 7.12. The minimum atomic E-state index is -0.790. The van der Waals surface area contributed by atoms with Crippen LogP contribution in [0.15, 0.2) is 89.3 Å². The molecule has 0 saturated carbocycles. The van der Waals surface area contributed by atoms with E-state index >= 15 is 0 Å². The number of benzene rings is 3. The molecule has 0 saturated heterocycles. The summed E-state index contributed by atoms with van der Waals surface area (Å²) in [5, 5.41) is 8.78. The number of oxazole rings is 1. The van der Waals surface area contributed by atoms with Gasteiger partial charge in [0.1, 0.15) is 11.4 Å². The van der Waals surface area contributed by atoms with E-state index in [4.69, 9.17) is 19.2 Å². The molecule has 5 heteroatoms. The average Bonchev–Trinajstić information content (AvgIpc) is 3.25. The zero-order valence-electron chi connectivity index (χ0n) is 17.0. The first-order chi connectivity index (χ1) is 15.2. The zero-order chi connectivity index (χ0) is 21.5. The van der Waals surface area contributed by atoms with E-state index in [1.807, 2.05) is 84.9 Å². The van der Waals surface area contributed by atoms with Crippen LogP contribution in [0, 0.1) is 0 Å². The van der Waals surface area contributed by atoms with Crippen LogP contribution in [0.2, 0.25) is 0 Å². The van der Waals surface area contributed by atoms with Crippen molar-refractivity contribution in [3.8, 4) is 39.8 Å². The molecule has 0 radical (unpaired) electrons. The summed E-state index contributed by atoms with van der Waals surface area (Å²) in [5.74, 6) is 1.07. The number of rotatable bonds is 9. The first-order valence-electron chi connectivity index (χ1n) is 10.3. The topological polar surface area (TPSA) is 72.6 Å². The Morgan fingerprint density at radius 3 is 2.19 bits per heavy atom. The van der Waals surface area contributed by atoms with Gasteiger partial charge < -0.3 is 14.3 Å². The molecule has 0 aliphatic carbocycles. The summed E-state index contributed by atoms with van der Waals surface area (Å²) in [5.41, 5.74) is 3.47. The lowest BCUT2D eigenvalue weighted by Gasteiger charge is -2.09. The van der Waals surface area contributed by atoms with Crippen molar-refractivity contribution in [1.29, 1.82) is 0 Å². The molecule has 0 bridgehead atoms. The van der Waals surface area contributed by atoms with Crippen molar-refractivity contribution < 1.29 is 19.1 Å². The minimum Gasteiger partial charge on any atom is -0.493 e. The lowest BCUT2D eigenvalue weighted by molar-refractivity contribution is -0.137. The maximum absolute atomic E-state index is 10.7. The Kier molecular flexibility index (Phi) is 6.43. The van der Waals surface area contributed by atoms with Crippen molar-refractivity contribution in [2.24, 2.45) is 0 Å². The van der Waals surface area contributed by atoms with Crippen LogP contribution >= 0.6 is 0 Å². The highest BCUT2D eigenvalue weighted by atomic mass is 16.5. The number of hydrogen-bond donors (Lipinski definition) is 1. The third kappa shape index (κ3) is 5.01. The molecule has 31 heavy (non-hydrogen) atoms. The molecule has 0 aliphatic heterocycles. The van der Waals surface area contributed by atoms with E-state index in [0.29, 0.717) is 36.8 Å². The summed E-state index contributed by atoms with van der Waals surface area (Å²) in [6, 6.07) is 27.5. The number of carbonyl (C=O) groups is 1. The van der Waals surface area contributed by atoms with Gasteiger partial charge in [-0.3, -0.25) is 4.79 Å². The molecule has 4 aromatic rings. The van der Waals surface area contributed by atoms with Gasteiger partial charge in [-0.2, -0.15) is 0 Å². The molecule has 0 amide bonds. The van der Waals surface area contributed by atoms with Crippen LogP contribution < -0.4 is 4.74 Å². The summed E-state index contributed by atoms with van der Waals surface area (Å²) in [6.07, 6.45) is 1.38. The molecule has 1 aromatic heterocycles. The Morgan fingerprint density at radius 2 is 1.48 bits per heavy atom. The number of hydrogen-bond acceptors (Lipinski definition) is 4. The van der Waals surface area contributed by atoms with E-state index in [1.165, 1.54) is 0 Å².